The lowest BCUT2D eigenvalue weighted by molar-refractivity contribution is -0.114. The summed E-state index contributed by atoms with van der Waals surface area (Å²) in [5.41, 5.74) is 2.77. The number of furan rings is 1. The summed E-state index contributed by atoms with van der Waals surface area (Å²) in [6.07, 6.45) is 5.50. The van der Waals surface area contributed by atoms with E-state index in [1.807, 2.05) is 29.0 Å². The van der Waals surface area contributed by atoms with E-state index in [2.05, 4.69) is 4.98 Å². The van der Waals surface area contributed by atoms with Crippen LogP contribution < -0.4 is 4.72 Å². The molecule has 1 amide bonds. The number of hydrogen-bond acceptors (Lipinski definition) is 5. The molecule has 2 heterocycles. The normalized spacial score (nSPS) is 12.0. The third-order valence-corrected chi connectivity index (χ3v) is 6.82. The number of hydrogen-bond donors (Lipinski definition) is 1. The SMILES string of the molecule is Cc1nc(Cl)c(C=CC(=O)NS(=O)(=O)C=Cc2ccccc2)n1Cc1ccc(-c2ccco2)cc1Cl. The van der Waals surface area contributed by atoms with Gasteiger partial charge in [0, 0.05) is 16.7 Å². The molecular formula is C26H21Cl2N3O4S. The van der Waals surface area contributed by atoms with Crippen molar-refractivity contribution in [3.63, 3.8) is 0 Å². The lowest BCUT2D eigenvalue weighted by atomic mass is 10.1. The number of nitrogens with zero attached hydrogens (tertiary/aromatic N) is 2. The zero-order chi connectivity index (χ0) is 25.7. The smallest absolute Gasteiger partial charge is 0.257 e. The van der Waals surface area contributed by atoms with E-state index in [1.165, 1.54) is 12.2 Å². The van der Waals surface area contributed by atoms with E-state index >= 15 is 0 Å². The topological polar surface area (TPSA) is 94.2 Å². The average Bonchev–Trinajstić information content (AvgIpc) is 3.47. The first kappa shape index (κ1) is 25.5. The van der Waals surface area contributed by atoms with Crippen LogP contribution in [0, 0.1) is 6.92 Å². The van der Waals surface area contributed by atoms with Gasteiger partial charge in [0.2, 0.25) is 0 Å². The van der Waals surface area contributed by atoms with Gasteiger partial charge in [0.1, 0.15) is 11.6 Å². The number of sulfonamides is 1. The zero-order valence-electron chi connectivity index (χ0n) is 19.1. The van der Waals surface area contributed by atoms with Crippen LogP contribution >= 0.6 is 23.2 Å². The Labute approximate surface area is 218 Å². The third-order valence-electron chi connectivity index (χ3n) is 5.21. The first-order valence-corrected chi connectivity index (χ1v) is 13.0. The molecule has 0 spiro atoms. The predicted octanol–water partition coefficient (Wildman–Crippen LogP) is 5.94. The van der Waals surface area contributed by atoms with Crippen molar-refractivity contribution in [3.8, 4) is 11.3 Å². The number of benzene rings is 2. The largest absolute Gasteiger partial charge is 0.464 e. The second-order valence-corrected chi connectivity index (χ2v) is 10.1. The van der Waals surface area contributed by atoms with Crippen molar-refractivity contribution in [2.75, 3.05) is 0 Å². The van der Waals surface area contributed by atoms with Crippen molar-refractivity contribution in [2.45, 2.75) is 13.5 Å². The van der Waals surface area contributed by atoms with Crippen molar-refractivity contribution >= 4 is 51.3 Å². The molecule has 0 unspecified atom stereocenters. The second kappa shape index (κ2) is 11.0. The molecule has 2 aromatic heterocycles. The minimum Gasteiger partial charge on any atom is -0.464 e. The fraction of sp³-hybridized carbons (Fsp3) is 0.0769. The maximum Gasteiger partial charge on any atom is 0.257 e. The van der Waals surface area contributed by atoms with E-state index in [0.717, 1.165) is 22.6 Å². The van der Waals surface area contributed by atoms with Crippen LogP contribution in [0.15, 0.2) is 82.8 Å². The Balaban J connectivity index is 1.49. The molecule has 1 N–H and O–H groups in total. The molecular weight excluding hydrogens is 521 g/mol. The van der Waals surface area contributed by atoms with E-state index in [0.29, 0.717) is 34.4 Å². The molecule has 2 aromatic carbocycles. The molecule has 4 rings (SSSR count). The van der Waals surface area contributed by atoms with Gasteiger partial charge in [-0.2, -0.15) is 0 Å². The van der Waals surface area contributed by atoms with Gasteiger partial charge in [0.05, 0.1) is 23.9 Å². The van der Waals surface area contributed by atoms with E-state index in [9.17, 15) is 13.2 Å². The highest BCUT2D eigenvalue weighted by molar-refractivity contribution is 7.93. The van der Waals surface area contributed by atoms with Crippen LogP contribution in [0.4, 0.5) is 0 Å². The molecule has 0 aliphatic heterocycles. The van der Waals surface area contributed by atoms with Crippen molar-refractivity contribution in [1.82, 2.24) is 14.3 Å². The lowest BCUT2D eigenvalue weighted by Crippen LogP contribution is -2.26. The van der Waals surface area contributed by atoms with Gasteiger partial charge in [-0.3, -0.25) is 4.79 Å². The maximum atomic E-state index is 12.3. The highest BCUT2D eigenvalue weighted by Crippen LogP contribution is 2.28. The molecule has 0 radical (unpaired) electrons. The summed E-state index contributed by atoms with van der Waals surface area (Å²) < 4.78 is 33.6. The minimum absolute atomic E-state index is 0.173. The summed E-state index contributed by atoms with van der Waals surface area (Å²) in [6, 6.07) is 18.1. The lowest BCUT2D eigenvalue weighted by Gasteiger charge is -2.11. The molecule has 0 aliphatic rings. The highest BCUT2D eigenvalue weighted by atomic mass is 35.5. The first-order valence-electron chi connectivity index (χ1n) is 10.7. The molecule has 0 saturated heterocycles. The van der Waals surface area contributed by atoms with Crippen molar-refractivity contribution in [3.05, 3.63) is 111 Å². The Morgan fingerprint density at radius 2 is 1.86 bits per heavy atom. The van der Waals surface area contributed by atoms with Crippen LogP contribution in [0.5, 0.6) is 0 Å². The van der Waals surface area contributed by atoms with Gasteiger partial charge < -0.3 is 8.98 Å². The van der Waals surface area contributed by atoms with Gasteiger partial charge in [-0.1, -0.05) is 65.7 Å². The number of imidazole rings is 1. The molecule has 184 valence electrons. The number of rotatable bonds is 8. The Bertz CT molecular complexity index is 1540. The second-order valence-electron chi connectivity index (χ2n) is 7.76. The van der Waals surface area contributed by atoms with Crippen LogP contribution in [-0.4, -0.2) is 23.9 Å². The van der Waals surface area contributed by atoms with E-state index in [4.69, 9.17) is 27.6 Å². The standard InChI is InChI=1S/C26H21Cl2N3O4S/c1-18-29-26(28)23(11-12-25(32)30-36(33,34)15-13-19-6-3-2-4-7-19)31(18)17-21-10-9-20(16-22(21)27)24-8-5-14-35-24/h2-16H,17H2,1H3,(H,30,32). The summed E-state index contributed by atoms with van der Waals surface area (Å²) in [7, 11) is -3.99. The van der Waals surface area contributed by atoms with E-state index in [-0.39, 0.29) is 5.15 Å². The van der Waals surface area contributed by atoms with Gasteiger partial charge >= 0.3 is 0 Å². The molecule has 0 atom stereocenters. The highest BCUT2D eigenvalue weighted by Gasteiger charge is 2.15. The molecule has 0 fully saturated rings. The van der Waals surface area contributed by atoms with Crippen LogP contribution in [0.3, 0.4) is 0 Å². The van der Waals surface area contributed by atoms with Crippen molar-refractivity contribution < 1.29 is 17.6 Å². The number of amides is 1. The zero-order valence-corrected chi connectivity index (χ0v) is 21.4. The molecule has 7 nitrogen and oxygen atoms in total. The Morgan fingerprint density at radius 1 is 1.08 bits per heavy atom. The van der Waals surface area contributed by atoms with Gasteiger partial charge in [0.25, 0.3) is 15.9 Å². The maximum absolute atomic E-state index is 12.3. The molecule has 0 saturated carbocycles. The summed E-state index contributed by atoms with van der Waals surface area (Å²) >= 11 is 12.8. The minimum atomic E-state index is -3.99. The van der Waals surface area contributed by atoms with Gasteiger partial charge in [-0.25, -0.2) is 18.1 Å². The van der Waals surface area contributed by atoms with Crippen LogP contribution in [0.1, 0.15) is 22.6 Å². The van der Waals surface area contributed by atoms with Gasteiger partial charge in [0.15, 0.2) is 5.15 Å². The Kier molecular flexibility index (Phi) is 7.79. The van der Waals surface area contributed by atoms with E-state index < -0.39 is 15.9 Å². The molecule has 10 heteroatoms. The summed E-state index contributed by atoms with van der Waals surface area (Å²) in [5, 5.41) is 1.63. The quantitative estimate of drug-likeness (QED) is 0.278. The summed E-state index contributed by atoms with van der Waals surface area (Å²) in [4.78, 5) is 16.6. The Hall–Kier alpha value is -3.59. The number of halogens is 2. The number of carbonyl (C=O) groups excluding carboxylic acids is 1. The number of nitrogens with one attached hydrogen (secondary N) is 1. The number of aryl methyl sites for hydroxylation is 1. The van der Waals surface area contributed by atoms with Crippen LogP contribution in [0.25, 0.3) is 23.5 Å². The number of carbonyl (C=O) groups is 1. The van der Waals surface area contributed by atoms with Crippen molar-refractivity contribution in [1.29, 1.82) is 0 Å². The predicted molar refractivity (Wildman–Crippen MR) is 142 cm³/mol. The summed E-state index contributed by atoms with van der Waals surface area (Å²) in [6.45, 7) is 2.11. The average molecular weight is 542 g/mol. The van der Waals surface area contributed by atoms with Crippen LogP contribution in [0.2, 0.25) is 10.2 Å². The summed E-state index contributed by atoms with van der Waals surface area (Å²) in [5.74, 6) is 0.480. The number of aromatic nitrogens is 2. The first-order chi connectivity index (χ1) is 17.2. The van der Waals surface area contributed by atoms with Gasteiger partial charge in [-0.15, -0.1) is 0 Å². The fourth-order valence-electron chi connectivity index (χ4n) is 3.44. The monoisotopic (exact) mass is 541 g/mol. The van der Waals surface area contributed by atoms with Crippen LogP contribution in [-0.2, 0) is 21.4 Å². The Morgan fingerprint density at radius 3 is 2.56 bits per heavy atom. The van der Waals surface area contributed by atoms with E-state index in [1.54, 1.807) is 54.2 Å². The molecule has 0 bridgehead atoms. The fourth-order valence-corrected chi connectivity index (χ4v) is 4.72. The molecule has 4 aromatic rings. The molecule has 0 aliphatic carbocycles. The van der Waals surface area contributed by atoms with Gasteiger partial charge in [-0.05, 0) is 48.4 Å². The van der Waals surface area contributed by atoms with Crippen molar-refractivity contribution in [2.24, 2.45) is 0 Å². The molecule has 36 heavy (non-hydrogen) atoms. The third kappa shape index (κ3) is 6.34.